The van der Waals surface area contributed by atoms with Crippen molar-refractivity contribution in [2.75, 3.05) is 6.61 Å². The first-order valence-corrected chi connectivity index (χ1v) is 7.51. The van der Waals surface area contributed by atoms with Crippen molar-refractivity contribution < 1.29 is 9.26 Å². The van der Waals surface area contributed by atoms with Crippen LogP contribution in [0.2, 0.25) is 0 Å². The van der Waals surface area contributed by atoms with Crippen molar-refractivity contribution in [2.45, 2.75) is 56.6 Å². The van der Waals surface area contributed by atoms with Crippen LogP contribution in [0.15, 0.2) is 4.52 Å². The van der Waals surface area contributed by atoms with E-state index in [0.29, 0.717) is 17.8 Å². The predicted molar refractivity (Wildman–Crippen MR) is 68.5 cm³/mol. The molecule has 4 rings (SSSR count). The molecule has 3 fully saturated rings. The number of fused-ring (bicyclic) bond motifs is 2. The van der Waals surface area contributed by atoms with Crippen LogP contribution in [0.3, 0.4) is 0 Å². The summed E-state index contributed by atoms with van der Waals surface area (Å²) in [5.74, 6) is 3.19. The van der Waals surface area contributed by atoms with E-state index in [9.17, 15) is 0 Å². The molecule has 0 aromatic carbocycles. The second-order valence-electron chi connectivity index (χ2n) is 6.32. The molecular weight excluding hydrogens is 242 g/mol. The van der Waals surface area contributed by atoms with Gasteiger partial charge < -0.3 is 15.0 Å². The van der Waals surface area contributed by atoms with Crippen LogP contribution in [-0.4, -0.2) is 28.9 Å². The number of rotatable bonds is 3. The number of aromatic nitrogens is 2. The van der Waals surface area contributed by atoms with Gasteiger partial charge in [0, 0.05) is 19.1 Å². The summed E-state index contributed by atoms with van der Waals surface area (Å²) >= 11 is 0. The van der Waals surface area contributed by atoms with E-state index < -0.39 is 0 Å². The van der Waals surface area contributed by atoms with Gasteiger partial charge in [-0.05, 0) is 43.9 Å². The lowest BCUT2D eigenvalue weighted by Gasteiger charge is -2.24. The van der Waals surface area contributed by atoms with Crippen LogP contribution in [0.25, 0.3) is 0 Å². The molecular formula is C14H21N3O2. The van der Waals surface area contributed by atoms with Gasteiger partial charge in [0.25, 0.3) is 0 Å². The number of hydrogen-bond acceptors (Lipinski definition) is 5. The zero-order valence-corrected chi connectivity index (χ0v) is 11.1. The Kier molecular flexibility index (Phi) is 2.84. The Morgan fingerprint density at radius 2 is 2.11 bits per heavy atom. The first kappa shape index (κ1) is 11.9. The summed E-state index contributed by atoms with van der Waals surface area (Å²) in [6, 6.07) is 0.217. The molecule has 1 aromatic heterocycles. The molecule has 1 saturated heterocycles. The van der Waals surface area contributed by atoms with E-state index in [0.717, 1.165) is 37.6 Å². The minimum absolute atomic E-state index is 0.217. The Morgan fingerprint density at radius 1 is 1.21 bits per heavy atom. The van der Waals surface area contributed by atoms with Crippen LogP contribution < -0.4 is 5.73 Å². The maximum Gasteiger partial charge on any atom is 0.231 e. The molecule has 1 aliphatic heterocycles. The van der Waals surface area contributed by atoms with Gasteiger partial charge in [0.2, 0.25) is 5.89 Å². The normalized spacial score (nSPS) is 41.2. The fourth-order valence-corrected chi connectivity index (χ4v) is 4.20. The van der Waals surface area contributed by atoms with Crippen LogP contribution in [0.4, 0.5) is 0 Å². The van der Waals surface area contributed by atoms with Gasteiger partial charge in [0.05, 0.1) is 12.0 Å². The molecule has 3 aliphatic rings. The lowest BCUT2D eigenvalue weighted by molar-refractivity contribution is 0.109. The molecule has 19 heavy (non-hydrogen) atoms. The number of nitrogens with zero attached hydrogens (tertiary/aromatic N) is 2. The fourth-order valence-electron chi connectivity index (χ4n) is 4.20. The highest BCUT2D eigenvalue weighted by Crippen LogP contribution is 2.51. The average Bonchev–Trinajstić information content (AvgIpc) is 3.13. The number of nitrogens with two attached hydrogens (primary N) is 1. The van der Waals surface area contributed by atoms with Crippen molar-refractivity contribution in [3.63, 3.8) is 0 Å². The molecule has 5 atom stereocenters. The third kappa shape index (κ3) is 1.99. The standard InChI is InChI=1S/C14H21N3O2/c15-13-9-4-3-8(6-9)12(13)14-16-11(17-19-14)7-10-2-1-5-18-10/h8-10,12-13H,1-7,15H2. The SMILES string of the molecule is NC1C2CCC(C2)C1c1nc(CC2CCCO2)no1. The van der Waals surface area contributed by atoms with Crippen LogP contribution in [-0.2, 0) is 11.2 Å². The molecule has 5 unspecified atom stereocenters. The quantitative estimate of drug-likeness (QED) is 0.897. The third-order valence-electron chi connectivity index (χ3n) is 5.18. The van der Waals surface area contributed by atoms with Gasteiger partial charge in [-0.1, -0.05) is 5.16 Å². The highest BCUT2D eigenvalue weighted by molar-refractivity contribution is 5.11. The Labute approximate surface area is 112 Å². The van der Waals surface area contributed by atoms with Crippen LogP contribution in [0.5, 0.6) is 0 Å². The molecule has 5 heteroatoms. The highest BCUT2D eigenvalue weighted by Gasteiger charge is 2.48. The molecule has 2 saturated carbocycles. The van der Waals surface area contributed by atoms with E-state index in [-0.39, 0.29) is 12.1 Å². The van der Waals surface area contributed by atoms with Crippen LogP contribution >= 0.6 is 0 Å². The van der Waals surface area contributed by atoms with Crippen molar-refractivity contribution in [1.82, 2.24) is 10.1 Å². The molecule has 2 aliphatic carbocycles. The molecule has 104 valence electrons. The van der Waals surface area contributed by atoms with Crippen molar-refractivity contribution in [3.05, 3.63) is 11.7 Å². The monoisotopic (exact) mass is 263 g/mol. The van der Waals surface area contributed by atoms with Gasteiger partial charge in [-0.15, -0.1) is 0 Å². The van der Waals surface area contributed by atoms with Gasteiger partial charge in [-0.2, -0.15) is 4.98 Å². The Hall–Kier alpha value is -0.940. The second-order valence-corrected chi connectivity index (χ2v) is 6.32. The second kappa shape index (κ2) is 4.56. The maximum absolute atomic E-state index is 6.32. The summed E-state index contributed by atoms with van der Waals surface area (Å²) in [5, 5.41) is 4.12. The van der Waals surface area contributed by atoms with Gasteiger partial charge >= 0.3 is 0 Å². The zero-order valence-electron chi connectivity index (χ0n) is 11.1. The van der Waals surface area contributed by atoms with Crippen LogP contribution in [0, 0.1) is 11.8 Å². The summed E-state index contributed by atoms with van der Waals surface area (Å²) in [6.45, 7) is 0.868. The Morgan fingerprint density at radius 3 is 2.84 bits per heavy atom. The van der Waals surface area contributed by atoms with E-state index in [2.05, 4.69) is 10.1 Å². The summed E-state index contributed by atoms with van der Waals surface area (Å²) in [6.07, 6.45) is 7.10. The lowest BCUT2D eigenvalue weighted by atomic mass is 9.85. The molecule has 0 spiro atoms. The molecule has 2 bridgehead atoms. The molecule has 0 amide bonds. The van der Waals surface area contributed by atoms with Crippen molar-refractivity contribution in [3.8, 4) is 0 Å². The number of ether oxygens (including phenoxy) is 1. The minimum atomic E-state index is 0.217. The smallest absolute Gasteiger partial charge is 0.231 e. The molecule has 0 radical (unpaired) electrons. The summed E-state index contributed by atoms with van der Waals surface area (Å²) in [4.78, 5) is 4.59. The third-order valence-corrected chi connectivity index (χ3v) is 5.18. The molecule has 5 nitrogen and oxygen atoms in total. The fraction of sp³-hybridized carbons (Fsp3) is 0.857. The van der Waals surface area contributed by atoms with E-state index in [1.165, 1.54) is 19.3 Å². The van der Waals surface area contributed by atoms with Crippen LogP contribution in [0.1, 0.15) is 49.7 Å². The zero-order chi connectivity index (χ0) is 12.8. The topological polar surface area (TPSA) is 74.2 Å². The van der Waals surface area contributed by atoms with E-state index >= 15 is 0 Å². The molecule has 2 heterocycles. The van der Waals surface area contributed by atoms with E-state index in [4.69, 9.17) is 15.0 Å². The van der Waals surface area contributed by atoms with E-state index in [1.807, 2.05) is 0 Å². The van der Waals surface area contributed by atoms with Crippen molar-refractivity contribution in [1.29, 1.82) is 0 Å². The maximum atomic E-state index is 6.32. The lowest BCUT2D eigenvalue weighted by Crippen LogP contribution is -2.34. The first-order chi connectivity index (χ1) is 9.31. The van der Waals surface area contributed by atoms with E-state index in [1.54, 1.807) is 0 Å². The van der Waals surface area contributed by atoms with Crippen molar-refractivity contribution in [2.24, 2.45) is 17.6 Å². The average molecular weight is 263 g/mol. The van der Waals surface area contributed by atoms with Gasteiger partial charge in [0.1, 0.15) is 0 Å². The first-order valence-electron chi connectivity index (χ1n) is 7.51. The summed E-state index contributed by atoms with van der Waals surface area (Å²) in [7, 11) is 0. The summed E-state index contributed by atoms with van der Waals surface area (Å²) in [5.41, 5.74) is 6.32. The van der Waals surface area contributed by atoms with Gasteiger partial charge in [-0.25, -0.2) is 0 Å². The predicted octanol–water partition coefficient (Wildman–Crippen LogP) is 1.63. The Balaban J connectivity index is 1.48. The minimum Gasteiger partial charge on any atom is -0.378 e. The van der Waals surface area contributed by atoms with Crippen molar-refractivity contribution >= 4 is 0 Å². The highest BCUT2D eigenvalue weighted by atomic mass is 16.5. The Bertz CT molecular complexity index is 453. The van der Waals surface area contributed by atoms with Gasteiger partial charge in [0.15, 0.2) is 5.82 Å². The summed E-state index contributed by atoms with van der Waals surface area (Å²) < 4.78 is 11.1. The largest absolute Gasteiger partial charge is 0.378 e. The molecule has 1 aromatic rings. The molecule has 2 N–H and O–H groups in total. The number of hydrogen-bond donors (Lipinski definition) is 1. The van der Waals surface area contributed by atoms with Gasteiger partial charge in [-0.3, -0.25) is 0 Å².